The van der Waals surface area contributed by atoms with E-state index in [0.717, 1.165) is 37.4 Å². The maximum atomic E-state index is 13.1. The third kappa shape index (κ3) is 2.26. The molecule has 4 aromatic rings. The molecule has 0 aliphatic carbocycles. The summed E-state index contributed by atoms with van der Waals surface area (Å²) in [6.07, 6.45) is 7.44. The van der Waals surface area contributed by atoms with Crippen molar-refractivity contribution in [1.82, 2.24) is 29.1 Å². The number of pyridine rings is 2. The number of hydrogen-bond donors (Lipinski definition) is 0. The van der Waals surface area contributed by atoms with Crippen LogP contribution in [0.2, 0.25) is 0 Å². The Balaban J connectivity index is 1.81. The van der Waals surface area contributed by atoms with Gasteiger partial charge in [-0.1, -0.05) is 6.07 Å². The van der Waals surface area contributed by atoms with Gasteiger partial charge in [-0.15, -0.1) is 10.2 Å². The van der Waals surface area contributed by atoms with Crippen LogP contribution >= 0.6 is 0 Å². The van der Waals surface area contributed by atoms with Crippen molar-refractivity contribution in [3.63, 3.8) is 0 Å². The molecule has 0 saturated carbocycles. The Kier molecular flexibility index (Phi) is 3.41. The molecule has 4 aromatic heterocycles. The highest BCUT2D eigenvalue weighted by Crippen LogP contribution is 2.22. The van der Waals surface area contributed by atoms with Crippen LogP contribution in [-0.4, -0.2) is 42.2 Å². The summed E-state index contributed by atoms with van der Waals surface area (Å²) in [6.45, 7) is 2.27. The van der Waals surface area contributed by atoms with Gasteiger partial charge in [0.15, 0.2) is 5.65 Å². The average Bonchev–Trinajstić information content (AvgIpc) is 3.35. The molecule has 0 bridgehead atoms. The quantitative estimate of drug-likeness (QED) is 0.558. The summed E-state index contributed by atoms with van der Waals surface area (Å²) in [6, 6.07) is 7.39. The fourth-order valence-electron chi connectivity index (χ4n) is 3.55. The number of aromatic nitrogens is 6. The number of anilines is 1. The number of hydrogen-bond acceptors (Lipinski definition) is 6. The van der Waals surface area contributed by atoms with E-state index in [4.69, 9.17) is 0 Å². The molecule has 0 amide bonds. The Morgan fingerprint density at radius 3 is 2.69 bits per heavy atom. The normalized spacial score (nSPS) is 14.5. The Morgan fingerprint density at radius 1 is 1.04 bits per heavy atom. The summed E-state index contributed by atoms with van der Waals surface area (Å²) in [7, 11) is 0. The second kappa shape index (κ2) is 5.91. The molecule has 8 heteroatoms. The highest BCUT2D eigenvalue weighted by Gasteiger charge is 2.23. The molecular weight excluding hydrogens is 330 g/mol. The monoisotopic (exact) mass is 347 g/mol. The van der Waals surface area contributed by atoms with Crippen molar-refractivity contribution in [1.29, 1.82) is 0 Å². The molecular formula is C18H17N7O. The highest BCUT2D eigenvalue weighted by atomic mass is 16.1. The zero-order valence-corrected chi connectivity index (χ0v) is 14.1. The lowest BCUT2D eigenvalue weighted by Gasteiger charge is -2.16. The van der Waals surface area contributed by atoms with Crippen LogP contribution in [0, 0.1) is 0 Å². The van der Waals surface area contributed by atoms with Gasteiger partial charge in [-0.2, -0.15) is 0 Å². The van der Waals surface area contributed by atoms with Gasteiger partial charge in [-0.05, 0) is 36.6 Å². The van der Waals surface area contributed by atoms with Gasteiger partial charge in [0.25, 0.3) is 5.56 Å². The molecule has 130 valence electrons. The van der Waals surface area contributed by atoms with Crippen molar-refractivity contribution in [2.45, 2.75) is 19.4 Å². The van der Waals surface area contributed by atoms with E-state index in [1.807, 2.05) is 16.5 Å². The second-order valence-electron chi connectivity index (χ2n) is 6.46. The van der Waals surface area contributed by atoms with E-state index in [1.165, 1.54) is 0 Å². The maximum absolute atomic E-state index is 13.1. The summed E-state index contributed by atoms with van der Waals surface area (Å²) in [5.41, 5.74) is 1.41. The fraction of sp³-hybridized carbons (Fsp3) is 0.278. The number of rotatable bonds is 3. The minimum atomic E-state index is -0.121. The minimum Gasteiger partial charge on any atom is -0.341 e. The van der Waals surface area contributed by atoms with Crippen LogP contribution in [0.1, 0.15) is 18.4 Å². The SMILES string of the molecule is O=c1c2cccnc2n2c(N3CCCC3)nnc2n1Cc1cccnc1. The largest absolute Gasteiger partial charge is 0.341 e. The van der Waals surface area contributed by atoms with Gasteiger partial charge in [0.1, 0.15) is 0 Å². The number of nitrogens with zero attached hydrogens (tertiary/aromatic N) is 7. The first kappa shape index (κ1) is 15.0. The first-order chi connectivity index (χ1) is 12.8. The molecule has 0 unspecified atom stereocenters. The van der Waals surface area contributed by atoms with E-state index in [9.17, 15) is 4.79 Å². The minimum absolute atomic E-state index is 0.121. The van der Waals surface area contributed by atoms with E-state index >= 15 is 0 Å². The number of fused-ring (bicyclic) bond motifs is 3. The van der Waals surface area contributed by atoms with Gasteiger partial charge in [-0.25, -0.2) is 9.38 Å². The van der Waals surface area contributed by atoms with Gasteiger partial charge >= 0.3 is 0 Å². The summed E-state index contributed by atoms with van der Waals surface area (Å²) in [5.74, 6) is 1.26. The van der Waals surface area contributed by atoms with Crippen LogP contribution in [0.3, 0.4) is 0 Å². The summed E-state index contributed by atoms with van der Waals surface area (Å²) in [5, 5.41) is 9.30. The van der Waals surface area contributed by atoms with Gasteiger partial charge in [0.2, 0.25) is 11.7 Å². The Morgan fingerprint density at radius 2 is 1.88 bits per heavy atom. The molecule has 1 fully saturated rings. The van der Waals surface area contributed by atoms with Crippen molar-refractivity contribution in [3.05, 3.63) is 58.8 Å². The Labute approximate surface area is 148 Å². The molecule has 1 aliphatic heterocycles. The van der Waals surface area contributed by atoms with Crippen molar-refractivity contribution < 1.29 is 0 Å². The lowest BCUT2D eigenvalue weighted by atomic mass is 10.2. The molecule has 5 rings (SSSR count). The van der Waals surface area contributed by atoms with E-state index < -0.39 is 0 Å². The second-order valence-corrected chi connectivity index (χ2v) is 6.46. The van der Waals surface area contributed by atoms with Crippen molar-refractivity contribution >= 4 is 22.8 Å². The van der Waals surface area contributed by atoms with Crippen LogP contribution in [0.4, 0.5) is 5.95 Å². The van der Waals surface area contributed by atoms with Gasteiger partial charge in [0.05, 0.1) is 11.9 Å². The molecule has 0 aromatic carbocycles. The molecule has 0 N–H and O–H groups in total. The maximum Gasteiger partial charge on any atom is 0.264 e. The van der Waals surface area contributed by atoms with Gasteiger partial charge in [-0.3, -0.25) is 14.3 Å². The predicted octanol–water partition coefficient (Wildman–Crippen LogP) is 1.48. The lowest BCUT2D eigenvalue weighted by molar-refractivity contribution is 0.761. The topological polar surface area (TPSA) is 81.2 Å². The molecule has 1 aliphatic rings. The van der Waals surface area contributed by atoms with Gasteiger partial charge < -0.3 is 4.90 Å². The Bertz CT molecular complexity index is 1140. The first-order valence-electron chi connectivity index (χ1n) is 8.69. The smallest absolute Gasteiger partial charge is 0.264 e. The van der Waals surface area contributed by atoms with Crippen LogP contribution in [0.25, 0.3) is 16.8 Å². The molecule has 26 heavy (non-hydrogen) atoms. The molecule has 0 spiro atoms. The summed E-state index contributed by atoms with van der Waals surface area (Å²) < 4.78 is 3.55. The zero-order valence-electron chi connectivity index (χ0n) is 14.1. The molecule has 0 atom stereocenters. The van der Waals surface area contributed by atoms with Crippen molar-refractivity contribution in [3.8, 4) is 0 Å². The third-order valence-electron chi connectivity index (χ3n) is 4.80. The van der Waals surface area contributed by atoms with Crippen LogP contribution in [0.5, 0.6) is 0 Å². The van der Waals surface area contributed by atoms with Crippen LogP contribution in [0.15, 0.2) is 47.7 Å². The van der Waals surface area contributed by atoms with Crippen molar-refractivity contribution in [2.24, 2.45) is 0 Å². The predicted molar refractivity (Wildman–Crippen MR) is 97.3 cm³/mol. The highest BCUT2D eigenvalue weighted by molar-refractivity contribution is 5.77. The van der Waals surface area contributed by atoms with E-state index in [2.05, 4.69) is 25.1 Å². The first-order valence-corrected chi connectivity index (χ1v) is 8.69. The van der Waals surface area contributed by atoms with E-state index in [-0.39, 0.29) is 5.56 Å². The average molecular weight is 347 g/mol. The zero-order chi connectivity index (χ0) is 17.5. The molecule has 5 heterocycles. The Hall–Kier alpha value is -3.29. The fourth-order valence-corrected chi connectivity index (χ4v) is 3.55. The van der Waals surface area contributed by atoms with Crippen LogP contribution < -0.4 is 10.5 Å². The van der Waals surface area contributed by atoms with Crippen molar-refractivity contribution in [2.75, 3.05) is 18.0 Å². The summed E-state index contributed by atoms with van der Waals surface area (Å²) in [4.78, 5) is 23.9. The lowest BCUT2D eigenvalue weighted by Crippen LogP contribution is -2.26. The standard InChI is InChI=1S/C18H17N7O/c26-16-14-6-4-8-20-15(14)25-17(23-9-1-2-10-23)21-22-18(25)24(16)12-13-5-3-7-19-11-13/h3-8,11H,1-2,9-10,12H2. The van der Waals surface area contributed by atoms with E-state index in [1.54, 1.807) is 35.3 Å². The molecule has 1 saturated heterocycles. The third-order valence-corrected chi connectivity index (χ3v) is 4.80. The van der Waals surface area contributed by atoms with E-state index in [0.29, 0.717) is 23.4 Å². The van der Waals surface area contributed by atoms with Gasteiger partial charge in [0, 0.05) is 31.7 Å². The molecule has 8 nitrogen and oxygen atoms in total. The molecule has 0 radical (unpaired) electrons. The van der Waals surface area contributed by atoms with Crippen LogP contribution in [-0.2, 0) is 6.54 Å². The summed E-state index contributed by atoms with van der Waals surface area (Å²) >= 11 is 0.